The lowest BCUT2D eigenvalue weighted by Crippen LogP contribution is -2.15. The van der Waals surface area contributed by atoms with Crippen LogP contribution in [-0.2, 0) is 17.7 Å². The van der Waals surface area contributed by atoms with Crippen molar-refractivity contribution in [2.24, 2.45) is 0 Å². The van der Waals surface area contributed by atoms with Crippen LogP contribution in [0.15, 0.2) is 30.5 Å². The minimum atomic E-state index is 0.0149. The molecule has 0 radical (unpaired) electrons. The lowest BCUT2D eigenvalue weighted by Gasteiger charge is -2.07. The topological polar surface area (TPSA) is 85.7 Å². The summed E-state index contributed by atoms with van der Waals surface area (Å²) in [5.74, 6) is 0.0149. The van der Waals surface area contributed by atoms with Crippen LogP contribution >= 0.6 is 0 Å². The van der Waals surface area contributed by atoms with Crippen molar-refractivity contribution in [3.05, 3.63) is 41.9 Å². The fourth-order valence-corrected chi connectivity index (χ4v) is 3.08. The second-order valence-electron chi connectivity index (χ2n) is 6.11. The van der Waals surface area contributed by atoms with Gasteiger partial charge in [0.1, 0.15) is 5.69 Å². The summed E-state index contributed by atoms with van der Waals surface area (Å²) in [6.07, 6.45) is 5.24. The highest BCUT2D eigenvalue weighted by atomic mass is 16.5. The Morgan fingerprint density at radius 2 is 2.29 bits per heavy atom. The number of benzene rings is 1. The summed E-state index contributed by atoms with van der Waals surface area (Å²) in [4.78, 5) is 12.4. The maximum absolute atomic E-state index is 12.4. The van der Waals surface area contributed by atoms with E-state index in [1.165, 1.54) is 0 Å². The van der Waals surface area contributed by atoms with Crippen molar-refractivity contribution in [2.45, 2.75) is 38.3 Å². The Morgan fingerprint density at radius 1 is 1.38 bits per heavy atom. The number of hydrogen-bond donors (Lipinski definition) is 1. The van der Waals surface area contributed by atoms with Gasteiger partial charge in [0.2, 0.25) is 0 Å². The number of hydrogen-bond acceptors (Lipinski definition) is 5. The Labute approximate surface area is 139 Å². The van der Waals surface area contributed by atoms with E-state index in [1.54, 1.807) is 4.68 Å². The standard InChI is InChI=1S/C17H19N5O2/c23-16(17-14-5-1-2-6-15(14)19-20-17)8-7-12-10-22(21-18-12)11-13-4-3-9-24-13/h1-2,5-6,10,13H,3-4,7-9,11H2,(H,19,20). The van der Waals surface area contributed by atoms with E-state index < -0.39 is 0 Å². The van der Waals surface area contributed by atoms with Crippen molar-refractivity contribution in [3.8, 4) is 0 Å². The van der Waals surface area contributed by atoms with Crippen LogP contribution in [0.5, 0.6) is 0 Å². The number of ether oxygens (including phenoxy) is 1. The normalized spacial score (nSPS) is 17.6. The third-order valence-corrected chi connectivity index (χ3v) is 4.34. The lowest BCUT2D eigenvalue weighted by molar-refractivity contribution is 0.0934. The molecule has 0 bridgehead atoms. The van der Waals surface area contributed by atoms with Crippen LogP contribution in [-0.4, -0.2) is 43.7 Å². The van der Waals surface area contributed by atoms with E-state index in [-0.39, 0.29) is 11.9 Å². The summed E-state index contributed by atoms with van der Waals surface area (Å²) in [5, 5.41) is 16.2. The van der Waals surface area contributed by atoms with Crippen LogP contribution in [0.2, 0.25) is 0 Å². The Morgan fingerprint density at radius 3 is 3.17 bits per heavy atom. The summed E-state index contributed by atoms with van der Waals surface area (Å²) in [6, 6.07) is 7.65. The fourth-order valence-electron chi connectivity index (χ4n) is 3.08. The first-order chi connectivity index (χ1) is 11.8. The van der Waals surface area contributed by atoms with Crippen molar-refractivity contribution >= 4 is 16.7 Å². The van der Waals surface area contributed by atoms with Gasteiger partial charge >= 0.3 is 0 Å². The highest BCUT2D eigenvalue weighted by molar-refractivity contribution is 6.05. The molecule has 7 heteroatoms. The van der Waals surface area contributed by atoms with Gasteiger partial charge in [0.25, 0.3) is 0 Å². The number of H-pyrrole nitrogens is 1. The van der Waals surface area contributed by atoms with Gasteiger partial charge in [0, 0.05) is 31.0 Å². The zero-order chi connectivity index (χ0) is 16.4. The van der Waals surface area contributed by atoms with Gasteiger partial charge in [-0.1, -0.05) is 23.4 Å². The maximum Gasteiger partial charge on any atom is 0.184 e. The predicted molar refractivity (Wildman–Crippen MR) is 87.7 cm³/mol. The smallest absolute Gasteiger partial charge is 0.184 e. The van der Waals surface area contributed by atoms with Gasteiger partial charge in [-0.2, -0.15) is 5.10 Å². The second-order valence-corrected chi connectivity index (χ2v) is 6.11. The number of nitrogens with zero attached hydrogens (tertiary/aromatic N) is 4. The minimum absolute atomic E-state index is 0.0149. The van der Waals surface area contributed by atoms with Crippen LogP contribution in [0.3, 0.4) is 0 Å². The Bertz CT molecular complexity index is 847. The average Bonchev–Trinajstić information content (AvgIpc) is 3.34. The Balaban J connectivity index is 1.38. The van der Waals surface area contributed by atoms with Crippen molar-refractivity contribution in [1.82, 2.24) is 25.2 Å². The van der Waals surface area contributed by atoms with Crippen LogP contribution in [0.1, 0.15) is 35.4 Å². The first kappa shape index (κ1) is 15.0. The molecule has 0 aliphatic carbocycles. The Hall–Kier alpha value is -2.54. The van der Waals surface area contributed by atoms with E-state index >= 15 is 0 Å². The number of para-hydroxylation sites is 1. The summed E-state index contributed by atoms with van der Waals surface area (Å²) in [7, 11) is 0. The molecule has 1 aromatic carbocycles. The average molecular weight is 325 g/mol. The zero-order valence-corrected chi connectivity index (χ0v) is 13.3. The molecule has 1 unspecified atom stereocenters. The van der Waals surface area contributed by atoms with Gasteiger partial charge in [-0.05, 0) is 18.9 Å². The van der Waals surface area contributed by atoms with Gasteiger partial charge < -0.3 is 4.74 Å². The van der Waals surface area contributed by atoms with Crippen molar-refractivity contribution in [1.29, 1.82) is 0 Å². The highest BCUT2D eigenvalue weighted by Gasteiger charge is 2.18. The molecular formula is C17H19N5O2. The number of rotatable bonds is 6. The number of aryl methyl sites for hydroxylation is 1. The third kappa shape index (κ3) is 3.07. The number of Topliss-reactive ketones (excluding diaryl/α,β-unsaturated/α-hetero) is 1. The largest absolute Gasteiger partial charge is 0.376 e. The predicted octanol–water partition coefficient (Wildman–Crippen LogP) is 2.15. The molecule has 124 valence electrons. The third-order valence-electron chi connectivity index (χ3n) is 4.34. The number of aromatic nitrogens is 5. The molecular weight excluding hydrogens is 306 g/mol. The van der Waals surface area contributed by atoms with Crippen LogP contribution in [0.4, 0.5) is 0 Å². The highest BCUT2D eigenvalue weighted by Crippen LogP contribution is 2.17. The molecule has 4 rings (SSSR count). The monoisotopic (exact) mass is 325 g/mol. The van der Waals surface area contributed by atoms with Gasteiger partial charge in [-0.15, -0.1) is 5.10 Å². The molecule has 3 aromatic rings. The first-order valence-corrected chi connectivity index (χ1v) is 8.26. The molecule has 1 fully saturated rings. The van der Waals surface area contributed by atoms with Crippen LogP contribution in [0, 0.1) is 0 Å². The number of carbonyl (C=O) groups excluding carboxylic acids is 1. The van der Waals surface area contributed by atoms with E-state index in [9.17, 15) is 4.79 Å². The molecule has 1 aliphatic heterocycles. The molecule has 0 spiro atoms. The van der Waals surface area contributed by atoms with E-state index in [0.29, 0.717) is 18.5 Å². The summed E-state index contributed by atoms with van der Waals surface area (Å²) in [6.45, 7) is 1.56. The number of aromatic amines is 1. The number of carbonyl (C=O) groups is 1. The zero-order valence-electron chi connectivity index (χ0n) is 13.3. The number of nitrogens with one attached hydrogen (secondary N) is 1. The molecule has 1 atom stereocenters. The summed E-state index contributed by atoms with van der Waals surface area (Å²) < 4.78 is 7.41. The van der Waals surface area contributed by atoms with Gasteiger partial charge in [0.05, 0.1) is 23.9 Å². The fraction of sp³-hybridized carbons (Fsp3) is 0.412. The maximum atomic E-state index is 12.4. The minimum Gasteiger partial charge on any atom is -0.376 e. The number of ketones is 1. The quantitative estimate of drug-likeness (QED) is 0.702. The number of fused-ring (bicyclic) bond motifs is 1. The molecule has 1 saturated heterocycles. The van der Waals surface area contributed by atoms with Crippen LogP contribution in [0.25, 0.3) is 10.9 Å². The molecule has 7 nitrogen and oxygen atoms in total. The van der Waals surface area contributed by atoms with Crippen molar-refractivity contribution in [2.75, 3.05) is 6.61 Å². The van der Waals surface area contributed by atoms with E-state index in [1.807, 2.05) is 30.5 Å². The molecule has 1 N–H and O–H groups in total. The SMILES string of the molecule is O=C(CCc1cn(CC2CCCO2)nn1)c1n[nH]c2ccccc12. The summed E-state index contributed by atoms with van der Waals surface area (Å²) >= 11 is 0. The van der Waals surface area contributed by atoms with Gasteiger partial charge in [-0.25, -0.2) is 4.68 Å². The molecule has 0 amide bonds. The van der Waals surface area contributed by atoms with Crippen molar-refractivity contribution < 1.29 is 9.53 Å². The lowest BCUT2D eigenvalue weighted by atomic mass is 10.1. The molecule has 1 aliphatic rings. The van der Waals surface area contributed by atoms with E-state index in [2.05, 4.69) is 20.5 Å². The van der Waals surface area contributed by atoms with Gasteiger partial charge in [-0.3, -0.25) is 9.89 Å². The van der Waals surface area contributed by atoms with Crippen LogP contribution < -0.4 is 0 Å². The molecule has 2 aromatic heterocycles. The second kappa shape index (κ2) is 6.52. The first-order valence-electron chi connectivity index (χ1n) is 8.26. The van der Waals surface area contributed by atoms with E-state index in [0.717, 1.165) is 42.6 Å². The molecule has 3 heterocycles. The Kier molecular flexibility index (Phi) is 4.08. The summed E-state index contributed by atoms with van der Waals surface area (Å²) in [5.41, 5.74) is 2.20. The molecule has 24 heavy (non-hydrogen) atoms. The molecule has 0 saturated carbocycles. The van der Waals surface area contributed by atoms with E-state index in [4.69, 9.17) is 4.74 Å². The van der Waals surface area contributed by atoms with Crippen molar-refractivity contribution in [3.63, 3.8) is 0 Å². The van der Waals surface area contributed by atoms with Gasteiger partial charge in [0.15, 0.2) is 5.78 Å².